The first-order chi connectivity index (χ1) is 24.5. The van der Waals surface area contributed by atoms with Gasteiger partial charge in [-0.05, 0) is 98.9 Å². The number of aromatic nitrogens is 3. The molecule has 1 amide bonds. The molecule has 3 aromatic rings. The minimum absolute atomic E-state index is 0.0527. The molecular formula is C41H51N5O5. The predicted molar refractivity (Wildman–Crippen MR) is 200 cm³/mol. The third kappa shape index (κ3) is 6.50. The topological polar surface area (TPSA) is 152 Å². The molecule has 0 spiro atoms. The summed E-state index contributed by atoms with van der Waals surface area (Å²) in [4.78, 5) is 57.0. The van der Waals surface area contributed by atoms with Crippen molar-refractivity contribution in [1.82, 2.24) is 20.3 Å². The van der Waals surface area contributed by atoms with E-state index in [-0.39, 0.29) is 30.8 Å². The van der Waals surface area contributed by atoms with E-state index in [1.807, 2.05) is 19.9 Å². The zero-order valence-corrected chi connectivity index (χ0v) is 30.8. The van der Waals surface area contributed by atoms with Gasteiger partial charge in [0, 0.05) is 70.6 Å². The summed E-state index contributed by atoms with van der Waals surface area (Å²) in [5.74, 6) is -2.68. The van der Waals surface area contributed by atoms with Crippen LogP contribution in [0.2, 0.25) is 0 Å². The van der Waals surface area contributed by atoms with E-state index in [9.17, 15) is 14.4 Å². The Balaban J connectivity index is 1.50. The molecule has 10 nitrogen and oxygen atoms in total. The Hall–Kier alpha value is -4.70. The van der Waals surface area contributed by atoms with Gasteiger partial charge in [-0.3, -0.25) is 19.4 Å². The molecule has 10 heteroatoms. The summed E-state index contributed by atoms with van der Waals surface area (Å²) in [6, 6.07) is -0.380. The fourth-order valence-corrected chi connectivity index (χ4v) is 8.29. The first-order valence-electron chi connectivity index (χ1n) is 18.3. The van der Waals surface area contributed by atoms with Crippen LogP contribution in [0, 0.1) is 26.7 Å². The van der Waals surface area contributed by atoms with E-state index in [2.05, 4.69) is 59.8 Å². The molecule has 3 aliphatic rings. The zero-order valence-electron chi connectivity index (χ0n) is 30.8. The number of nitrogens with zero attached hydrogens (tertiary/aromatic N) is 1. The number of aliphatic hydroxyl groups excluding tert-OH is 1. The third-order valence-electron chi connectivity index (χ3n) is 11.2. The lowest BCUT2D eigenvalue weighted by atomic mass is 9.87. The summed E-state index contributed by atoms with van der Waals surface area (Å²) >= 11 is 0. The molecular weight excluding hydrogens is 642 g/mol. The highest BCUT2D eigenvalue weighted by Gasteiger charge is 2.53. The van der Waals surface area contributed by atoms with Gasteiger partial charge in [0.2, 0.25) is 5.91 Å². The van der Waals surface area contributed by atoms with Gasteiger partial charge in [0.05, 0.1) is 24.8 Å². The van der Waals surface area contributed by atoms with Gasteiger partial charge in [-0.1, -0.05) is 32.4 Å². The highest BCUT2D eigenvalue weighted by molar-refractivity contribution is 6.36. The fraction of sp³-hybridized carbons (Fsp3) is 0.463. The van der Waals surface area contributed by atoms with E-state index < -0.39 is 17.8 Å². The van der Waals surface area contributed by atoms with Crippen molar-refractivity contribution in [2.75, 3.05) is 20.3 Å². The Kier molecular flexibility index (Phi) is 10.5. The molecule has 0 radical (unpaired) electrons. The van der Waals surface area contributed by atoms with Gasteiger partial charge in [0.25, 0.3) is 0 Å². The monoisotopic (exact) mass is 693 g/mol. The molecule has 3 unspecified atom stereocenters. The molecule has 1 fully saturated rings. The maximum atomic E-state index is 14.2. The third-order valence-corrected chi connectivity index (χ3v) is 11.2. The standard InChI is InChI=1S/C41H51N5O5/c1-8-25-21(3)28-18-30-23(5)27(14-15-34(48)42-16-12-10-11-13-17-47)38(45-30)36-37(41(50)51-7)40(49)35-24(6)31(46-39(35)36)20-33-26(9-2)22(4)29(44-33)19-32(25)43-28/h8,19-20,31,36-37,43-45,47H,1,9-18H2,2-7H3,(H,42,48). The number of unbranched alkanes of at least 4 members (excludes halogenated alkanes) is 3. The SMILES string of the molecule is C=Cc1c2[nH]c(c1C)Cc1[nH]c(c(CCC(=O)NCCCCCCO)c1C)C1C3=NC(C=c4[nH]c(c(C)c4CC)=C2)C(C)=C3C(=O)C1C(=O)OC. The number of esters is 1. The lowest BCUT2D eigenvalue weighted by molar-refractivity contribution is -0.148. The maximum Gasteiger partial charge on any atom is 0.317 e. The molecule has 270 valence electrons. The number of Topliss-reactive ketones (excluding diaryl/α,β-unsaturated/α-hetero) is 1. The van der Waals surface area contributed by atoms with Crippen LogP contribution < -0.4 is 16.0 Å². The molecule has 3 atom stereocenters. The largest absolute Gasteiger partial charge is 0.468 e. The van der Waals surface area contributed by atoms with Crippen LogP contribution in [0.25, 0.3) is 18.2 Å². The van der Waals surface area contributed by atoms with Crippen LogP contribution in [0.3, 0.4) is 0 Å². The molecule has 3 aromatic heterocycles. The lowest BCUT2D eigenvalue weighted by Crippen LogP contribution is -2.28. The summed E-state index contributed by atoms with van der Waals surface area (Å²) in [6.07, 6.45) is 11.7. The number of amides is 1. The Morgan fingerprint density at radius 3 is 2.47 bits per heavy atom. The number of aromatic amines is 3. The summed E-state index contributed by atoms with van der Waals surface area (Å²) in [7, 11) is 1.32. The van der Waals surface area contributed by atoms with E-state index in [1.54, 1.807) is 0 Å². The van der Waals surface area contributed by atoms with Crippen LogP contribution in [-0.2, 0) is 38.4 Å². The molecule has 8 bridgehead atoms. The number of carbonyl (C=O) groups is 3. The summed E-state index contributed by atoms with van der Waals surface area (Å²) in [5, 5.41) is 14.0. The Bertz CT molecular complexity index is 2090. The van der Waals surface area contributed by atoms with Crippen molar-refractivity contribution in [1.29, 1.82) is 0 Å². The second-order valence-corrected chi connectivity index (χ2v) is 14.1. The quantitative estimate of drug-likeness (QED) is 0.109. The van der Waals surface area contributed by atoms with E-state index in [0.717, 1.165) is 99.0 Å². The van der Waals surface area contributed by atoms with Gasteiger partial charge >= 0.3 is 5.97 Å². The Morgan fingerprint density at radius 2 is 1.76 bits per heavy atom. The van der Waals surface area contributed by atoms with Crippen molar-refractivity contribution in [3.05, 3.63) is 84.6 Å². The van der Waals surface area contributed by atoms with E-state index in [0.29, 0.717) is 30.7 Å². The van der Waals surface area contributed by atoms with Crippen molar-refractivity contribution in [2.24, 2.45) is 10.9 Å². The minimum atomic E-state index is -1.08. The number of ketones is 1. The molecule has 1 saturated carbocycles. The van der Waals surface area contributed by atoms with Crippen molar-refractivity contribution in [2.45, 2.75) is 97.9 Å². The van der Waals surface area contributed by atoms with Crippen molar-refractivity contribution in [3.63, 3.8) is 0 Å². The number of methoxy groups -OCH3 is 1. The van der Waals surface area contributed by atoms with Crippen LogP contribution in [0.5, 0.6) is 0 Å². The van der Waals surface area contributed by atoms with Crippen LogP contribution >= 0.6 is 0 Å². The molecule has 0 aromatic carbocycles. The van der Waals surface area contributed by atoms with Gasteiger partial charge in [0.15, 0.2) is 5.78 Å². The number of allylic oxidation sites excluding steroid dienone is 1. The van der Waals surface area contributed by atoms with E-state index in [4.69, 9.17) is 14.8 Å². The highest BCUT2D eigenvalue weighted by atomic mass is 16.5. The van der Waals surface area contributed by atoms with Crippen LogP contribution in [0.15, 0.2) is 22.7 Å². The number of ether oxygens (including phenoxy) is 1. The molecule has 5 heterocycles. The summed E-state index contributed by atoms with van der Waals surface area (Å²) in [5.41, 5.74) is 12.0. The molecule has 1 aliphatic carbocycles. The fourth-order valence-electron chi connectivity index (χ4n) is 8.29. The normalized spacial score (nSPS) is 19.2. The van der Waals surface area contributed by atoms with Crippen molar-refractivity contribution < 1.29 is 24.2 Å². The van der Waals surface area contributed by atoms with Gasteiger partial charge in [-0.25, -0.2) is 0 Å². The van der Waals surface area contributed by atoms with Gasteiger partial charge in [-0.15, -0.1) is 0 Å². The number of rotatable bonds is 12. The van der Waals surface area contributed by atoms with Crippen LogP contribution in [0.1, 0.15) is 108 Å². The lowest BCUT2D eigenvalue weighted by Gasteiger charge is -2.18. The number of carbonyl (C=O) groups excluding carboxylic acids is 3. The predicted octanol–water partition coefficient (Wildman–Crippen LogP) is 4.21. The van der Waals surface area contributed by atoms with Gasteiger partial charge < -0.3 is 30.1 Å². The first kappa shape index (κ1) is 36.1. The van der Waals surface area contributed by atoms with Crippen molar-refractivity contribution >= 4 is 41.6 Å². The number of aliphatic imine (C=N–C) groups is 1. The van der Waals surface area contributed by atoms with E-state index >= 15 is 0 Å². The second-order valence-electron chi connectivity index (χ2n) is 14.1. The molecule has 6 rings (SSSR count). The number of aliphatic hydroxyl groups is 1. The Morgan fingerprint density at radius 1 is 1.02 bits per heavy atom. The summed E-state index contributed by atoms with van der Waals surface area (Å²) in [6.45, 7) is 15.2. The number of nitrogens with one attached hydrogen (secondary N) is 4. The zero-order chi connectivity index (χ0) is 36.6. The number of fused-ring (bicyclic) bond motifs is 8. The molecule has 51 heavy (non-hydrogen) atoms. The maximum absolute atomic E-state index is 14.2. The van der Waals surface area contributed by atoms with Gasteiger partial charge in [0.1, 0.15) is 5.92 Å². The Labute approximate surface area is 299 Å². The smallest absolute Gasteiger partial charge is 0.317 e. The van der Waals surface area contributed by atoms with E-state index in [1.165, 1.54) is 12.7 Å². The average Bonchev–Trinajstić information content (AvgIpc) is 3.85. The van der Waals surface area contributed by atoms with Crippen LogP contribution in [-0.4, -0.2) is 69.7 Å². The average molecular weight is 694 g/mol. The first-order valence-corrected chi connectivity index (χ1v) is 18.3. The molecule has 0 saturated heterocycles. The molecule has 5 N–H and O–H groups in total. The second kappa shape index (κ2) is 14.9. The highest BCUT2D eigenvalue weighted by Crippen LogP contribution is 2.46. The summed E-state index contributed by atoms with van der Waals surface area (Å²) < 4.78 is 5.25. The number of hydrogen-bond donors (Lipinski definition) is 5. The minimum Gasteiger partial charge on any atom is -0.468 e. The number of H-pyrrole nitrogens is 3. The van der Waals surface area contributed by atoms with Gasteiger partial charge in [-0.2, -0.15) is 0 Å². The van der Waals surface area contributed by atoms with Crippen molar-refractivity contribution in [3.8, 4) is 0 Å². The number of hydrogen-bond acceptors (Lipinski definition) is 6. The van der Waals surface area contributed by atoms with Crippen LogP contribution in [0.4, 0.5) is 0 Å². The molecule has 2 aliphatic heterocycles.